The molecule has 0 aliphatic carbocycles. The highest BCUT2D eigenvalue weighted by Gasteiger charge is 2.35. The van der Waals surface area contributed by atoms with Crippen LogP contribution in [0, 0.1) is 11.8 Å². The van der Waals surface area contributed by atoms with E-state index in [2.05, 4.69) is 47.0 Å². The van der Waals surface area contributed by atoms with Gasteiger partial charge in [-0.05, 0) is 44.6 Å². The Hall–Kier alpha value is -0.0800. The second kappa shape index (κ2) is 8.10. The monoisotopic (exact) mass is 243 g/mol. The van der Waals surface area contributed by atoms with Gasteiger partial charge in [0.1, 0.15) is 0 Å². The van der Waals surface area contributed by atoms with E-state index in [1.54, 1.807) is 0 Å². The Balaban J connectivity index is 4.58. The molecule has 0 saturated carbocycles. The summed E-state index contributed by atoms with van der Waals surface area (Å²) in [6.07, 6.45) is 4.63. The minimum Gasteiger partial charge on any atom is -0.377 e. The van der Waals surface area contributed by atoms with Crippen molar-refractivity contribution in [2.24, 2.45) is 11.8 Å². The van der Waals surface area contributed by atoms with Crippen LogP contribution in [0.4, 0.5) is 0 Å². The third-order valence-corrected chi connectivity index (χ3v) is 4.10. The highest BCUT2D eigenvalue weighted by Crippen LogP contribution is 2.29. The third kappa shape index (κ3) is 4.97. The quantitative estimate of drug-likeness (QED) is 0.664. The summed E-state index contributed by atoms with van der Waals surface area (Å²) in [6, 6.07) is 0.455. The fraction of sp³-hybridized carbons (Fsp3) is 1.00. The van der Waals surface area contributed by atoms with Crippen LogP contribution in [0.25, 0.3) is 0 Å². The molecule has 0 radical (unpaired) electrons. The summed E-state index contributed by atoms with van der Waals surface area (Å²) < 4.78 is 5.83. The molecule has 0 bridgehead atoms. The van der Waals surface area contributed by atoms with Gasteiger partial charge in [-0.3, -0.25) is 0 Å². The van der Waals surface area contributed by atoms with E-state index in [4.69, 9.17) is 4.74 Å². The van der Waals surface area contributed by atoms with Gasteiger partial charge in [-0.2, -0.15) is 0 Å². The first-order chi connectivity index (χ1) is 7.95. The van der Waals surface area contributed by atoms with Crippen LogP contribution < -0.4 is 5.32 Å². The fourth-order valence-corrected chi connectivity index (χ4v) is 3.07. The molecule has 0 aromatic carbocycles. The zero-order valence-electron chi connectivity index (χ0n) is 13.0. The van der Waals surface area contributed by atoms with E-state index >= 15 is 0 Å². The van der Waals surface area contributed by atoms with E-state index in [1.807, 2.05) is 7.11 Å². The fourth-order valence-electron chi connectivity index (χ4n) is 3.07. The molecular formula is C15H33NO. The van der Waals surface area contributed by atoms with Crippen LogP contribution in [0.5, 0.6) is 0 Å². The van der Waals surface area contributed by atoms with Gasteiger partial charge >= 0.3 is 0 Å². The molecular weight excluding hydrogens is 210 g/mol. The molecule has 0 aliphatic heterocycles. The second-order valence-electron chi connectivity index (χ2n) is 5.79. The maximum Gasteiger partial charge on any atom is 0.0825 e. The van der Waals surface area contributed by atoms with Crippen molar-refractivity contribution >= 4 is 0 Å². The molecule has 0 aromatic heterocycles. The van der Waals surface area contributed by atoms with Crippen LogP contribution >= 0.6 is 0 Å². The maximum absolute atomic E-state index is 5.83. The minimum absolute atomic E-state index is 0.0000104. The summed E-state index contributed by atoms with van der Waals surface area (Å²) in [5, 5.41) is 3.47. The van der Waals surface area contributed by atoms with Crippen LogP contribution in [0.1, 0.15) is 60.3 Å². The summed E-state index contributed by atoms with van der Waals surface area (Å²) in [4.78, 5) is 0. The van der Waals surface area contributed by atoms with Crippen LogP contribution in [0.15, 0.2) is 0 Å². The predicted molar refractivity (Wildman–Crippen MR) is 76.4 cm³/mol. The molecule has 2 atom stereocenters. The van der Waals surface area contributed by atoms with E-state index < -0.39 is 0 Å². The van der Waals surface area contributed by atoms with Gasteiger partial charge in [0.25, 0.3) is 0 Å². The summed E-state index contributed by atoms with van der Waals surface area (Å²) in [6.45, 7) is 11.4. The van der Waals surface area contributed by atoms with E-state index in [-0.39, 0.29) is 5.60 Å². The minimum atomic E-state index is -0.0000104. The highest BCUT2D eigenvalue weighted by molar-refractivity contribution is 4.91. The normalized spacial score (nSPS) is 16.2. The van der Waals surface area contributed by atoms with Crippen molar-refractivity contribution in [1.82, 2.24) is 5.32 Å². The van der Waals surface area contributed by atoms with Gasteiger partial charge in [0.2, 0.25) is 0 Å². The van der Waals surface area contributed by atoms with Crippen molar-refractivity contribution in [2.45, 2.75) is 71.9 Å². The molecule has 0 aliphatic rings. The smallest absolute Gasteiger partial charge is 0.0825 e. The number of hydrogen-bond acceptors (Lipinski definition) is 2. The van der Waals surface area contributed by atoms with Crippen molar-refractivity contribution in [3.8, 4) is 0 Å². The lowest BCUT2D eigenvalue weighted by Gasteiger charge is -2.39. The average Bonchev–Trinajstić information content (AvgIpc) is 2.29. The molecule has 0 spiro atoms. The van der Waals surface area contributed by atoms with Crippen molar-refractivity contribution in [2.75, 3.05) is 14.2 Å². The van der Waals surface area contributed by atoms with Gasteiger partial charge in [0.15, 0.2) is 0 Å². The van der Waals surface area contributed by atoms with Gasteiger partial charge in [-0.1, -0.05) is 34.6 Å². The first-order valence-corrected chi connectivity index (χ1v) is 7.18. The Labute approximate surface area is 109 Å². The van der Waals surface area contributed by atoms with E-state index in [1.165, 1.54) is 12.8 Å². The summed E-state index contributed by atoms with van der Waals surface area (Å²) in [5.41, 5.74) is -0.0000104. The van der Waals surface area contributed by atoms with Gasteiger partial charge in [0, 0.05) is 13.2 Å². The van der Waals surface area contributed by atoms with E-state index in [0.717, 1.165) is 24.7 Å². The highest BCUT2D eigenvalue weighted by atomic mass is 16.5. The predicted octanol–water partition coefficient (Wildman–Crippen LogP) is 3.85. The van der Waals surface area contributed by atoms with Crippen LogP contribution in [0.2, 0.25) is 0 Å². The molecule has 2 unspecified atom stereocenters. The number of nitrogens with one attached hydrogen (secondary N) is 1. The molecule has 0 rings (SSSR count). The van der Waals surface area contributed by atoms with Gasteiger partial charge in [-0.25, -0.2) is 0 Å². The van der Waals surface area contributed by atoms with Crippen molar-refractivity contribution in [3.63, 3.8) is 0 Å². The zero-order chi connectivity index (χ0) is 13.5. The van der Waals surface area contributed by atoms with Gasteiger partial charge in [-0.15, -0.1) is 0 Å². The van der Waals surface area contributed by atoms with Crippen LogP contribution in [0.3, 0.4) is 0 Å². The lowest BCUT2D eigenvalue weighted by atomic mass is 9.81. The molecule has 17 heavy (non-hydrogen) atoms. The Morgan fingerprint density at radius 2 is 1.59 bits per heavy atom. The number of methoxy groups -OCH3 is 1. The van der Waals surface area contributed by atoms with Crippen molar-refractivity contribution < 1.29 is 4.74 Å². The molecule has 0 aromatic rings. The molecule has 1 N–H and O–H groups in total. The number of hydrogen-bond donors (Lipinski definition) is 1. The molecule has 0 heterocycles. The zero-order valence-corrected chi connectivity index (χ0v) is 13.0. The standard InChI is InChI=1S/C15H33NO/c1-8-15(9-2,17-7)14(16-6)11-13(5)10-12(3)4/h12-14,16H,8-11H2,1-7H3. The number of ether oxygens (including phenoxy) is 1. The average molecular weight is 243 g/mol. The van der Waals surface area contributed by atoms with Crippen molar-refractivity contribution in [3.05, 3.63) is 0 Å². The summed E-state index contributed by atoms with van der Waals surface area (Å²) in [5.74, 6) is 1.53. The lowest BCUT2D eigenvalue weighted by molar-refractivity contribution is -0.0512. The largest absolute Gasteiger partial charge is 0.377 e. The van der Waals surface area contributed by atoms with Gasteiger partial charge < -0.3 is 10.1 Å². The summed E-state index contributed by atoms with van der Waals surface area (Å²) in [7, 11) is 3.91. The Morgan fingerprint density at radius 3 is 1.88 bits per heavy atom. The Bertz CT molecular complexity index is 179. The van der Waals surface area contributed by atoms with E-state index in [0.29, 0.717) is 6.04 Å². The molecule has 0 fully saturated rings. The van der Waals surface area contributed by atoms with Crippen LogP contribution in [-0.4, -0.2) is 25.8 Å². The Morgan fingerprint density at radius 1 is 1.06 bits per heavy atom. The van der Waals surface area contributed by atoms with Crippen LogP contribution in [-0.2, 0) is 4.74 Å². The van der Waals surface area contributed by atoms with Gasteiger partial charge in [0.05, 0.1) is 5.60 Å². The Kier molecular flexibility index (Phi) is 8.06. The summed E-state index contributed by atoms with van der Waals surface area (Å²) >= 11 is 0. The molecule has 2 heteroatoms. The first kappa shape index (κ1) is 16.9. The second-order valence-corrected chi connectivity index (χ2v) is 5.79. The third-order valence-electron chi connectivity index (χ3n) is 4.10. The molecule has 0 saturated heterocycles. The first-order valence-electron chi connectivity index (χ1n) is 7.18. The topological polar surface area (TPSA) is 21.3 Å². The lowest BCUT2D eigenvalue weighted by Crippen LogP contribution is -2.51. The molecule has 2 nitrogen and oxygen atoms in total. The molecule has 0 amide bonds. The number of likely N-dealkylation sites (N-methyl/N-ethyl adjacent to an activating group) is 1. The SMILES string of the molecule is CCC(CC)(OC)C(CC(C)CC(C)C)NC. The maximum atomic E-state index is 5.83. The van der Waals surface area contributed by atoms with Crippen molar-refractivity contribution in [1.29, 1.82) is 0 Å². The van der Waals surface area contributed by atoms with E-state index in [9.17, 15) is 0 Å². The molecule has 104 valence electrons. The number of rotatable bonds is 9.